The molecule has 3 aromatic rings. The molecule has 0 N–H and O–H groups in total. The van der Waals surface area contributed by atoms with Crippen molar-refractivity contribution in [3.63, 3.8) is 0 Å². The van der Waals surface area contributed by atoms with Crippen LogP contribution in [-0.4, -0.2) is 26.0 Å². The normalized spacial score (nSPS) is 12.8. The van der Waals surface area contributed by atoms with Gasteiger partial charge in [-0.3, -0.25) is 9.00 Å². The second-order valence-electron chi connectivity index (χ2n) is 5.91. The average Bonchev–Trinajstić information content (AvgIpc) is 3.07. The van der Waals surface area contributed by atoms with Gasteiger partial charge in [0.15, 0.2) is 11.5 Å². The fourth-order valence-corrected chi connectivity index (χ4v) is 3.10. The van der Waals surface area contributed by atoms with E-state index in [9.17, 15) is 22.2 Å². The van der Waals surface area contributed by atoms with E-state index >= 15 is 0 Å². The molecule has 1 atom stereocenters. The summed E-state index contributed by atoms with van der Waals surface area (Å²) in [4.78, 5) is 12.0. The molecule has 0 saturated heterocycles. The number of aromatic nitrogens is 2. The molecule has 0 radical (unpaired) electrons. The molecule has 0 saturated carbocycles. The zero-order valence-corrected chi connectivity index (χ0v) is 15.3. The van der Waals surface area contributed by atoms with Crippen molar-refractivity contribution >= 4 is 16.6 Å². The van der Waals surface area contributed by atoms with Gasteiger partial charge in [-0.2, -0.15) is 18.3 Å². The third-order valence-electron chi connectivity index (χ3n) is 4.00. The van der Waals surface area contributed by atoms with Crippen LogP contribution in [0.2, 0.25) is 0 Å². The van der Waals surface area contributed by atoms with Gasteiger partial charge in [-0.15, -0.1) is 0 Å². The lowest BCUT2D eigenvalue weighted by molar-refractivity contribution is -0.141. The van der Waals surface area contributed by atoms with Gasteiger partial charge in [0.25, 0.3) is 0 Å². The Labute approximate surface area is 156 Å². The van der Waals surface area contributed by atoms with Gasteiger partial charge in [0.05, 0.1) is 11.4 Å². The lowest BCUT2D eigenvalue weighted by atomic mass is 10.1. The lowest BCUT2D eigenvalue weighted by Crippen LogP contribution is -2.07. The highest BCUT2D eigenvalue weighted by Crippen LogP contribution is 2.33. The van der Waals surface area contributed by atoms with Crippen LogP contribution in [0.25, 0.3) is 16.9 Å². The number of carbonyl (C=O) groups is 1. The van der Waals surface area contributed by atoms with E-state index in [1.165, 1.54) is 17.9 Å². The molecule has 1 unspecified atom stereocenters. The Morgan fingerprint density at radius 1 is 1.04 bits per heavy atom. The number of halogens is 3. The van der Waals surface area contributed by atoms with Gasteiger partial charge in [-0.05, 0) is 49.4 Å². The number of rotatable bonds is 4. The van der Waals surface area contributed by atoms with Crippen molar-refractivity contribution < 1.29 is 22.2 Å². The summed E-state index contributed by atoms with van der Waals surface area (Å²) in [6.45, 7) is 1.41. The number of ketones is 1. The van der Waals surface area contributed by atoms with Crippen LogP contribution in [0.5, 0.6) is 0 Å². The van der Waals surface area contributed by atoms with Gasteiger partial charge >= 0.3 is 6.18 Å². The summed E-state index contributed by atoms with van der Waals surface area (Å²) in [5.41, 5.74) is 0.581. The second-order valence-corrected chi connectivity index (χ2v) is 7.29. The molecule has 0 aliphatic heterocycles. The van der Waals surface area contributed by atoms with Crippen molar-refractivity contribution in [2.45, 2.75) is 18.0 Å². The Balaban J connectivity index is 2.13. The lowest BCUT2D eigenvalue weighted by Gasteiger charge is -2.09. The van der Waals surface area contributed by atoms with E-state index in [4.69, 9.17) is 0 Å². The standard InChI is InChI=1S/C19H15F3N2O2S/c1-12(25)13-3-7-15(8-4-13)24-17(11-18(23-24)19(20,21)22)14-5-9-16(10-6-14)27(2)26/h3-11H,1-2H3. The van der Waals surface area contributed by atoms with Crippen LogP contribution in [-0.2, 0) is 17.0 Å². The van der Waals surface area contributed by atoms with Crippen molar-refractivity contribution in [3.8, 4) is 16.9 Å². The van der Waals surface area contributed by atoms with Crippen LogP contribution in [0.15, 0.2) is 59.5 Å². The topological polar surface area (TPSA) is 52.0 Å². The predicted molar refractivity (Wildman–Crippen MR) is 96.3 cm³/mol. The number of alkyl halides is 3. The number of benzene rings is 2. The van der Waals surface area contributed by atoms with Crippen molar-refractivity contribution in [2.75, 3.05) is 6.26 Å². The molecule has 1 aromatic heterocycles. The van der Waals surface area contributed by atoms with Crippen molar-refractivity contribution in [2.24, 2.45) is 0 Å². The largest absolute Gasteiger partial charge is 0.435 e. The van der Waals surface area contributed by atoms with Gasteiger partial charge in [0.1, 0.15) is 0 Å². The molecule has 1 heterocycles. The summed E-state index contributed by atoms with van der Waals surface area (Å²) in [5, 5.41) is 3.71. The van der Waals surface area contributed by atoms with Crippen molar-refractivity contribution in [1.29, 1.82) is 0 Å². The highest BCUT2D eigenvalue weighted by atomic mass is 32.2. The minimum absolute atomic E-state index is 0.138. The van der Waals surface area contributed by atoms with Crippen LogP contribution >= 0.6 is 0 Å². The summed E-state index contributed by atoms with van der Waals surface area (Å²) < 4.78 is 52.3. The molecule has 4 nitrogen and oxygen atoms in total. The predicted octanol–water partition coefficient (Wildman–Crippen LogP) is 4.50. The summed E-state index contributed by atoms with van der Waals surface area (Å²) in [6.07, 6.45) is -3.07. The van der Waals surface area contributed by atoms with E-state index in [0.717, 1.165) is 6.07 Å². The molecule has 3 rings (SSSR count). The van der Waals surface area contributed by atoms with Crippen LogP contribution in [0.1, 0.15) is 23.0 Å². The average molecular weight is 392 g/mol. The molecule has 0 aliphatic carbocycles. The van der Waals surface area contributed by atoms with Gasteiger partial charge in [-0.25, -0.2) is 4.68 Å². The maximum Gasteiger partial charge on any atom is 0.435 e. The zero-order chi connectivity index (χ0) is 19.8. The highest BCUT2D eigenvalue weighted by molar-refractivity contribution is 7.84. The summed E-state index contributed by atoms with van der Waals surface area (Å²) >= 11 is 0. The van der Waals surface area contributed by atoms with Crippen LogP contribution < -0.4 is 0 Å². The first-order valence-corrected chi connectivity index (χ1v) is 9.45. The molecule has 0 aliphatic rings. The maximum absolute atomic E-state index is 13.2. The summed E-state index contributed by atoms with van der Waals surface area (Å²) in [6, 6.07) is 13.6. The van der Waals surface area contributed by atoms with E-state index in [1.807, 2.05) is 0 Å². The molecule has 0 bridgehead atoms. The number of Topliss-reactive ketones (excluding diaryl/α,β-unsaturated/α-hetero) is 1. The first-order valence-electron chi connectivity index (χ1n) is 7.89. The van der Waals surface area contributed by atoms with E-state index in [-0.39, 0.29) is 11.5 Å². The van der Waals surface area contributed by atoms with E-state index in [0.29, 0.717) is 21.7 Å². The van der Waals surface area contributed by atoms with Crippen LogP contribution in [0, 0.1) is 0 Å². The second kappa shape index (κ2) is 7.11. The Kier molecular flexibility index (Phi) is 5.01. The summed E-state index contributed by atoms with van der Waals surface area (Å²) in [5.74, 6) is -0.138. The van der Waals surface area contributed by atoms with Crippen LogP contribution in [0.3, 0.4) is 0 Å². The fraction of sp³-hybridized carbons (Fsp3) is 0.158. The number of hydrogen-bond acceptors (Lipinski definition) is 3. The minimum Gasteiger partial charge on any atom is -0.295 e. The van der Waals surface area contributed by atoms with E-state index < -0.39 is 22.7 Å². The molecule has 0 fully saturated rings. The molecule has 27 heavy (non-hydrogen) atoms. The smallest absolute Gasteiger partial charge is 0.295 e. The van der Waals surface area contributed by atoms with Crippen molar-refractivity contribution in [3.05, 3.63) is 65.9 Å². The highest BCUT2D eigenvalue weighted by Gasteiger charge is 2.35. The zero-order valence-electron chi connectivity index (χ0n) is 14.4. The Morgan fingerprint density at radius 3 is 2.11 bits per heavy atom. The Bertz CT molecular complexity index is 932. The molecular formula is C19H15F3N2O2S. The van der Waals surface area contributed by atoms with E-state index in [2.05, 4.69) is 5.10 Å². The number of nitrogens with zero attached hydrogens (tertiary/aromatic N) is 2. The molecule has 8 heteroatoms. The molecule has 0 amide bonds. The molecular weight excluding hydrogens is 377 g/mol. The van der Waals surface area contributed by atoms with E-state index in [1.54, 1.807) is 48.5 Å². The molecule has 2 aromatic carbocycles. The first kappa shape index (κ1) is 19.0. The fourth-order valence-electron chi connectivity index (χ4n) is 2.58. The number of carbonyl (C=O) groups excluding carboxylic acids is 1. The molecule has 140 valence electrons. The minimum atomic E-state index is -4.59. The SMILES string of the molecule is CC(=O)c1ccc(-n2nc(C(F)(F)F)cc2-c2ccc(S(C)=O)cc2)cc1. The van der Waals surface area contributed by atoms with Gasteiger partial charge < -0.3 is 0 Å². The molecule has 0 spiro atoms. The third kappa shape index (κ3) is 4.00. The van der Waals surface area contributed by atoms with Gasteiger partial charge in [0, 0.05) is 33.1 Å². The third-order valence-corrected chi connectivity index (χ3v) is 4.94. The Hall–Kier alpha value is -2.74. The van der Waals surface area contributed by atoms with Crippen molar-refractivity contribution in [1.82, 2.24) is 9.78 Å². The monoisotopic (exact) mass is 392 g/mol. The first-order chi connectivity index (χ1) is 12.7. The number of hydrogen-bond donors (Lipinski definition) is 0. The Morgan fingerprint density at radius 2 is 1.63 bits per heavy atom. The van der Waals surface area contributed by atoms with Crippen LogP contribution in [0.4, 0.5) is 13.2 Å². The van der Waals surface area contributed by atoms with Gasteiger partial charge in [-0.1, -0.05) is 12.1 Å². The quantitative estimate of drug-likeness (QED) is 0.615. The van der Waals surface area contributed by atoms with Gasteiger partial charge in [0.2, 0.25) is 0 Å². The summed E-state index contributed by atoms with van der Waals surface area (Å²) in [7, 11) is -1.19. The maximum atomic E-state index is 13.2.